The number of aryl methyl sites for hydroxylation is 2. The average molecular weight is 295 g/mol. The second kappa shape index (κ2) is 7.07. The molecule has 0 bridgehead atoms. The van der Waals surface area contributed by atoms with Gasteiger partial charge in [-0.25, -0.2) is 4.68 Å². The van der Waals surface area contributed by atoms with Crippen LogP contribution in [0.4, 0.5) is 5.82 Å². The lowest BCUT2D eigenvalue weighted by Gasteiger charge is -2.04. The third-order valence-electron chi connectivity index (χ3n) is 2.77. The highest BCUT2D eigenvalue weighted by atomic mass is 35.5. The van der Waals surface area contributed by atoms with Crippen LogP contribution < -0.4 is 10.6 Å². The number of carbonyl (C=O) groups is 1. The lowest BCUT2D eigenvalue weighted by Crippen LogP contribution is -2.25. The van der Waals surface area contributed by atoms with Gasteiger partial charge in [-0.3, -0.25) is 4.79 Å². The van der Waals surface area contributed by atoms with Crippen LogP contribution in [-0.4, -0.2) is 29.3 Å². The maximum atomic E-state index is 11.5. The number of benzene rings is 1. The van der Waals surface area contributed by atoms with Crippen molar-refractivity contribution in [2.24, 2.45) is 0 Å². The van der Waals surface area contributed by atoms with Crippen LogP contribution in [0, 0.1) is 13.8 Å². The Labute approximate surface area is 124 Å². The van der Waals surface area contributed by atoms with Crippen molar-refractivity contribution in [1.29, 1.82) is 0 Å². The molecule has 0 saturated carbocycles. The van der Waals surface area contributed by atoms with Gasteiger partial charge in [-0.1, -0.05) is 17.7 Å². The summed E-state index contributed by atoms with van der Waals surface area (Å²) in [6.45, 7) is 4.28. The summed E-state index contributed by atoms with van der Waals surface area (Å²) < 4.78 is 1.81. The monoisotopic (exact) mass is 294 g/mol. The maximum absolute atomic E-state index is 11.5. The van der Waals surface area contributed by atoms with Gasteiger partial charge in [0.1, 0.15) is 0 Å². The Hall–Kier alpha value is -1.85. The van der Waals surface area contributed by atoms with Crippen LogP contribution in [0.3, 0.4) is 0 Å². The van der Waals surface area contributed by atoms with Crippen molar-refractivity contribution in [2.45, 2.75) is 13.8 Å². The Bertz CT molecular complexity index is 577. The summed E-state index contributed by atoms with van der Waals surface area (Å²) in [5.74, 6) is 0.467. The van der Waals surface area contributed by atoms with Gasteiger partial charge in [0, 0.05) is 11.8 Å². The molecule has 1 aromatic carbocycles. The predicted molar refractivity (Wildman–Crippen MR) is 82.8 cm³/mol. The van der Waals surface area contributed by atoms with Crippen LogP contribution in [0.2, 0.25) is 0 Å². The number of likely N-dealkylation sites (N-methyl/N-ethyl adjacent to an activating group) is 1. The minimum atomic E-state index is -0.101. The summed E-state index contributed by atoms with van der Waals surface area (Å²) in [7, 11) is 1.73. The Morgan fingerprint density at radius 1 is 1.25 bits per heavy atom. The van der Waals surface area contributed by atoms with Crippen molar-refractivity contribution in [3.8, 4) is 5.69 Å². The van der Waals surface area contributed by atoms with Gasteiger partial charge in [0.25, 0.3) is 0 Å². The van der Waals surface area contributed by atoms with Gasteiger partial charge >= 0.3 is 0 Å². The van der Waals surface area contributed by atoms with Crippen LogP contribution in [0.1, 0.15) is 11.3 Å². The molecule has 20 heavy (non-hydrogen) atoms. The fourth-order valence-electron chi connectivity index (χ4n) is 1.83. The Kier molecular flexibility index (Phi) is 5.73. The smallest absolute Gasteiger partial charge is 0.239 e. The normalized spacial score (nSPS) is 9.95. The molecule has 2 rings (SSSR count). The minimum absolute atomic E-state index is 0. The van der Waals surface area contributed by atoms with Gasteiger partial charge in [-0.15, -0.1) is 17.5 Å². The number of rotatable bonds is 4. The molecule has 2 N–H and O–H groups in total. The highest BCUT2D eigenvalue weighted by molar-refractivity contribution is 5.91. The maximum Gasteiger partial charge on any atom is 0.239 e. The SMILES string of the molecule is CNCC(=O)Nc1cc(C)n(-c2ccc(C)cc2)n1.Cl. The molecule has 0 aliphatic rings. The number of nitrogens with zero attached hydrogens (tertiary/aromatic N) is 2. The Morgan fingerprint density at radius 3 is 2.50 bits per heavy atom. The van der Waals surface area contributed by atoms with E-state index in [1.807, 2.05) is 48.9 Å². The average Bonchev–Trinajstić information content (AvgIpc) is 2.71. The van der Waals surface area contributed by atoms with E-state index in [2.05, 4.69) is 15.7 Å². The fraction of sp³-hybridized carbons (Fsp3) is 0.286. The summed E-state index contributed by atoms with van der Waals surface area (Å²) in [6.07, 6.45) is 0. The van der Waals surface area contributed by atoms with Gasteiger partial charge in [0.05, 0.1) is 12.2 Å². The van der Waals surface area contributed by atoms with E-state index in [-0.39, 0.29) is 24.9 Å². The molecule has 0 aliphatic heterocycles. The van der Waals surface area contributed by atoms with E-state index in [0.717, 1.165) is 11.4 Å². The fourth-order valence-corrected chi connectivity index (χ4v) is 1.83. The van der Waals surface area contributed by atoms with Crippen LogP contribution >= 0.6 is 12.4 Å². The summed E-state index contributed by atoms with van der Waals surface area (Å²) in [5, 5.41) is 9.94. The molecular weight excluding hydrogens is 276 g/mol. The lowest BCUT2D eigenvalue weighted by atomic mass is 10.2. The highest BCUT2D eigenvalue weighted by Crippen LogP contribution is 2.15. The zero-order valence-corrected chi connectivity index (χ0v) is 12.6. The molecule has 6 heteroatoms. The third kappa shape index (κ3) is 3.82. The lowest BCUT2D eigenvalue weighted by molar-refractivity contribution is -0.115. The number of halogens is 1. The molecule has 0 saturated heterocycles. The second-order valence-corrected chi connectivity index (χ2v) is 4.50. The van der Waals surface area contributed by atoms with Gasteiger partial charge in [-0.2, -0.15) is 0 Å². The number of carbonyl (C=O) groups excluding carboxylic acids is 1. The number of nitrogens with one attached hydrogen (secondary N) is 2. The largest absolute Gasteiger partial charge is 0.311 e. The summed E-state index contributed by atoms with van der Waals surface area (Å²) in [4.78, 5) is 11.5. The van der Waals surface area contributed by atoms with Gasteiger partial charge in [0.15, 0.2) is 5.82 Å². The Morgan fingerprint density at radius 2 is 1.90 bits per heavy atom. The molecule has 5 nitrogen and oxygen atoms in total. The van der Waals surface area contributed by atoms with Crippen LogP contribution in [0.15, 0.2) is 30.3 Å². The summed E-state index contributed by atoms with van der Waals surface area (Å²) in [6, 6.07) is 9.95. The number of hydrogen-bond donors (Lipinski definition) is 2. The first-order valence-electron chi connectivity index (χ1n) is 6.18. The molecule has 0 radical (unpaired) electrons. The van der Waals surface area contributed by atoms with Gasteiger partial charge in [0.2, 0.25) is 5.91 Å². The molecule has 0 spiro atoms. The molecule has 0 aliphatic carbocycles. The highest BCUT2D eigenvalue weighted by Gasteiger charge is 2.08. The van der Waals surface area contributed by atoms with Gasteiger partial charge < -0.3 is 10.6 Å². The zero-order valence-electron chi connectivity index (χ0n) is 11.8. The number of anilines is 1. The number of aromatic nitrogens is 2. The van der Waals surface area contributed by atoms with Gasteiger partial charge in [-0.05, 0) is 33.0 Å². The third-order valence-corrected chi connectivity index (χ3v) is 2.77. The minimum Gasteiger partial charge on any atom is -0.311 e. The first kappa shape index (κ1) is 16.2. The standard InChI is InChI=1S/C14H18N4O.ClH/c1-10-4-6-12(7-5-10)18-11(2)8-13(17-18)16-14(19)9-15-3;/h4-8,15H,9H2,1-3H3,(H,16,17,19);1H. The zero-order chi connectivity index (χ0) is 13.8. The molecule has 1 amide bonds. The molecule has 2 aromatic rings. The van der Waals surface area contributed by atoms with E-state index in [1.165, 1.54) is 5.56 Å². The first-order chi connectivity index (χ1) is 9.10. The molecule has 1 aromatic heterocycles. The van der Waals surface area contributed by atoms with E-state index in [4.69, 9.17) is 0 Å². The van der Waals surface area contributed by atoms with Crippen molar-refractivity contribution >= 4 is 24.1 Å². The Balaban J connectivity index is 0.00000200. The van der Waals surface area contributed by atoms with E-state index < -0.39 is 0 Å². The summed E-state index contributed by atoms with van der Waals surface area (Å²) in [5.41, 5.74) is 3.16. The molecule has 0 fully saturated rings. The van der Waals surface area contributed by atoms with E-state index >= 15 is 0 Å². The first-order valence-corrected chi connectivity index (χ1v) is 6.18. The quantitative estimate of drug-likeness (QED) is 0.907. The molecule has 0 unspecified atom stereocenters. The van der Waals surface area contributed by atoms with Crippen molar-refractivity contribution in [2.75, 3.05) is 18.9 Å². The number of amides is 1. The molecule has 0 atom stereocenters. The van der Waals surface area contributed by atoms with E-state index in [0.29, 0.717) is 5.82 Å². The van der Waals surface area contributed by atoms with Crippen LogP contribution in [-0.2, 0) is 4.79 Å². The second-order valence-electron chi connectivity index (χ2n) is 4.50. The van der Waals surface area contributed by atoms with Crippen molar-refractivity contribution < 1.29 is 4.79 Å². The van der Waals surface area contributed by atoms with Crippen LogP contribution in [0.25, 0.3) is 5.69 Å². The molecule has 1 heterocycles. The molecular formula is C14H19ClN4O. The number of hydrogen-bond acceptors (Lipinski definition) is 3. The topological polar surface area (TPSA) is 59.0 Å². The van der Waals surface area contributed by atoms with E-state index in [1.54, 1.807) is 7.05 Å². The van der Waals surface area contributed by atoms with Crippen molar-refractivity contribution in [3.63, 3.8) is 0 Å². The van der Waals surface area contributed by atoms with Crippen LogP contribution in [0.5, 0.6) is 0 Å². The molecule has 108 valence electrons. The van der Waals surface area contributed by atoms with Crippen molar-refractivity contribution in [3.05, 3.63) is 41.6 Å². The van der Waals surface area contributed by atoms with E-state index in [9.17, 15) is 4.79 Å². The summed E-state index contributed by atoms with van der Waals surface area (Å²) >= 11 is 0. The van der Waals surface area contributed by atoms with Crippen molar-refractivity contribution in [1.82, 2.24) is 15.1 Å². The predicted octanol–water partition coefficient (Wildman–Crippen LogP) is 2.07.